The van der Waals surface area contributed by atoms with E-state index in [1.807, 2.05) is 23.0 Å². The van der Waals surface area contributed by atoms with Crippen molar-refractivity contribution in [1.29, 1.82) is 0 Å². The molecule has 4 aromatic rings. The molecule has 0 saturated heterocycles. The van der Waals surface area contributed by atoms with Crippen molar-refractivity contribution in [2.24, 2.45) is 5.41 Å². The van der Waals surface area contributed by atoms with Gasteiger partial charge in [-0.2, -0.15) is 5.10 Å². The molecule has 0 fully saturated rings. The van der Waals surface area contributed by atoms with Gasteiger partial charge in [0.15, 0.2) is 11.2 Å². The number of fused-ring (bicyclic) bond motifs is 2. The highest BCUT2D eigenvalue weighted by Gasteiger charge is 2.36. The van der Waals surface area contributed by atoms with Gasteiger partial charge in [-0.1, -0.05) is 44.2 Å². The number of carbonyl (C=O) groups excluding carboxylic acids is 1. The highest BCUT2D eigenvalue weighted by atomic mass is 16.3. The number of hydrogen-bond donors (Lipinski definition) is 1. The lowest BCUT2D eigenvalue weighted by molar-refractivity contribution is 0.0891. The first-order valence-corrected chi connectivity index (χ1v) is 10.8. The van der Waals surface area contributed by atoms with E-state index in [2.05, 4.69) is 43.3 Å². The van der Waals surface area contributed by atoms with E-state index in [0.717, 1.165) is 35.3 Å². The Morgan fingerprint density at radius 3 is 2.72 bits per heavy atom. The summed E-state index contributed by atoms with van der Waals surface area (Å²) in [7, 11) is 0. The molecule has 5 rings (SSSR count). The highest BCUT2D eigenvalue weighted by molar-refractivity contribution is 5.93. The SMILES string of the molecule is Cc1ccccc1-n1ncc2c1CC(C)(C)C[C@H]2NC(=O)c1cc(=O)c2ccccc2o1. The van der Waals surface area contributed by atoms with E-state index in [4.69, 9.17) is 4.42 Å². The molecule has 0 saturated carbocycles. The number of rotatable bonds is 3. The summed E-state index contributed by atoms with van der Waals surface area (Å²) in [5.74, 6) is -0.380. The molecule has 6 nitrogen and oxygen atoms in total. The zero-order valence-electron chi connectivity index (χ0n) is 18.4. The Labute approximate surface area is 185 Å². The molecule has 0 bridgehead atoms. The van der Waals surface area contributed by atoms with Gasteiger partial charge in [0, 0.05) is 11.6 Å². The predicted octanol–water partition coefficient (Wildman–Crippen LogP) is 4.73. The van der Waals surface area contributed by atoms with Crippen LogP contribution in [0.1, 0.15) is 53.7 Å². The zero-order valence-corrected chi connectivity index (χ0v) is 18.4. The molecule has 162 valence electrons. The maximum atomic E-state index is 13.1. The average Bonchev–Trinajstić information content (AvgIpc) is 3.16. The maximum Gasteiger partial charge on any atom is 0.287 e. The Bertz CT molecular complexity index is 1400. The van der Waals surface area contributed by atoms with Gasteiger partial charge in [-0.3, -0.25) is 9.59 Å². The number of nitrogens with zero attached hydrogens (tertiary/aromatic N) is 2. The number of benzene rings is 2. The fourth-order valence-corrected chi connectivity index (χ4v) is 4.63. The molecular weight excluding hydrogens is 402 g/mol. The number of aryl methyl sites for hydroxylation is 1. The summed E-state index contributed by atoms with van der Waals surface area (Å²) in [6.45, 7) is 6.46. The first kappa shape index (κ1) is 20.2. The summed E-state index contributed by atoms with van der Waals surface area (Å²) in [5.41, 5.74) is 4.42. The van der Waals surface area contributed by atoms with Gasteiger partial charge >= 0.3 is 0 Å². The van der Waals surface area contributed by atoms with Crippen molar-refractivity contribution < 1.29 is 9.21 Å². The van der Waals surface area contributed by atoms with Crippen LogP contribution in [-0.2, 0) is 6.42 Å². The van der Waals surface area contributed by atoms with Crippen molar-refractivity contribution in [2.45, 2.75) is 39.7 Å². The number of aromatic nitrogens is 2. The molecule has 2 aromatic carbocycles. The van der Waals surface area contributed by atoms with Crippen molar-refractivity contribution in [3.8, 4) is 5.69 Å². The highest BCUT2D eigenvalue weighted by Crippen LogP contribution is 2.41. The third-order valence-electron chi connectivity index (χ3n) is 6.19. The molecule has 0 aliphatic heterocycles. The van der Waals surface area contributed by atoms with Crippen LogP contribution in [-0.4, -0.2) is 15.7 Å². The second-order valence-corrected chi connectivity index (χ2v) is 9.29. The monoisotopic (exact) mass is 427 g/mol. The van der Waals surface area contributed by atoms with Crippen molar-refractivity contribution >= 4 is 16.9 Å². The van der Waals surface area contributed by atoms with Gasteiger partial charge in [0.1, 0.15) is 5.58 Å². The van der Waals surface area contributed by atoms with Gasteiger partial charge in [-0.05, 0) is 48.9 Å². The van der Waals surface area contributed by atoms with Gasteiger partial charge in [0.25, 0.3) is 5.91 Å². The minimum atomic E-state index is -0.398. The molecule has 0 spiro atoms. The second-order valence-electron chi connectivity index (χ2n) is 9.29. The normalized spacial score (nSPS) is 17.2. The van der Waals surface area contributed by atoms with Gasteiger partial charge in [-0.25, -0.2) is 4.68 Å². The van der Waals surface area contributed by atoms with Gasteiger partial charge in [0.2, 0.25) is 0 Å². The smallest absolute Gasteiger partial charge is 0.287 e. The Morgan fingerprint density at radius 1 is 1.16 bits per heavy atom. The van der Waals surface area contributed by atoms with Gasteiger partial charge < -0.3 is 9.73 Å². The summed E-state index contributed by atoms with van der Waals surface area (Å²) in [4.78, 5) is 25.5. The second kappa shape index (κ2) is 7.48. The van der Waals surface area contributed by atoms with Crippen LogP contribution in [0.25, 0.3) is 16.7 Å². The molecule has 1 aliphatic rings. The molecule has 0 radical (unpaired) electrons. The number of nitrogens with one attached hydrogen (secondary N) is 1. The maximum absolute atomic E-state index is 13.1. The molecule has 1 aliphatic carbocycles. The Morgan fingerprint density at radius 2 is 1.91 bits per heavy atom. The van der Waals surface area contributed by atoms with E-state index >= 15 is 0 Å². The summed E-state index contributed by atoms with van der Waals surface area (Å²) >= 11 is 0. The van der Waals surface area contributed by atoms with Crippen molar-refractivity contribution in [3.63, 3.8) is 0 Å². The fraction of sp³-hybridized carbons (Fsp3) is 0.269. The molecule has 2 aromatic heterocycles. The Balaban J connectivity index is 1.51. The predicted molar refractivity (Wildman–Crippen MR) is 123 cm³/mol. The van der Waals surface area contributed by atoms with Gasteiger partial charge in [0.05, 0.1) is 29.0 Å². The molecule has 1 amide bonds. The van der Waals surface area contributed by atoms with Crippen LogP contribution in [0.3, 0.4) is 0 Å². The summed E-state index contributed by atoms with van der Waals surface area (Å²) in [6, 6.07) is 16.1. The number of para-hydroxylation sites is 2. The van der Waals surface area contributed by atoms with E-state index in [0.29, 0.717) is 11.0 Å². The molecule has 32 heavy (non-hydrogen) atoms. The third-order valence-corrected chi connectivity index (χ3v) is 6.19. The molecule has 6 heteroatoms. The minimum absolute atomic E-state index is 0.0184. The number of amides is 1. The van der Waals surface area contributed by atoms with Crippen molar-refractivity contribution in [3.05, 3.63) is 93.6 Å². The Kier molecular flexibility index (Phi) is 4.73. The van der Waals surface area contributed by atoms with Crippen LogP contribution in [0.4, 0.5) is 0 Å². The largest absolute Gasteiger partial charge is 0.451 e. The standard InChI is InChI=1S/C26H25N3O3/c1-16-8-4-6-10-20(16)29-21-14-26(2,3)13-19(18(21)15-27-29)28-25(31)24-12-22(30)17-9-5-7-11-23(17)32-24/h4-12,15,19H,13-14H2,1-3H3,(H,28,31)/t19-/m1/s1. The molecule has 2 heterocycles. The first-order valence-electron chi connectivity index (χ1n) is 10.8. The average molecular weight is 428 g/mol. The molecule has 0 unspecified atom stereocenters. The van der Waals surface area contributed by atoms with E-state index < -0.39 is 5.91 Å². The third kappa shape index (κ3) is 3.51. The van der Waals surface area contributed by atoms with E-state index in [1.165, 1.54) is 6.07 Å². The fourth-order valence-electron chi connectivity index (χ4n) is 4.63. The quantitative estimate of drug-likeness (QED) is 0.513. The lowest BCUT2D eigenvalue weighted by Gasteiger charge is -2.36. The topological polar surface area (TPSA) is 77.1 Å². The van der Waals surface area contributed by atoms with Crippen molar-refractivity contribution in [1.82, 2.24) is 15.1 Å². The lowest BCUT2D eigenvalue weighted by Crippen LogP contribution is -2.37. The zero-order chi connectivity index (χ0) is 22.5. The van der Waals surface area contributed by atoms with Crippen LogP contribution in [0.5, 0.6) is 0 Å². The van der Waals surface area contributed by atoms with Crippen LogP contribution in [0.2, 0.25) is 0 Å². The van der Waals surface area contributed by atoms with Crippen LogP contribution < -0.4 is 10.7 Å². The van der Waals surface area contributed by atoms with E-state index in [1.54, 1.807) is 24.3 Å². The Hall–Kier alpha value is -3.67. The van der Waals surface area contributed by atoms with Crippen molar-refractivity contribution in [2.75, 3.05) is 0 Å². The van der Waals surface area contributed by atoms with Crippen LogP contribution >= 0.6 is 0 Å². The molecule has 1 N–H and O–H groups in total. The summed E-state index contributed by atoms with van der Waals surface area (Å²) < 4.78 is 7.73. The number of carbonyl (C=O) groups is 1. The number of hydrogen-bond acceptors (Lipinski definition) is 4. The van der Waals surface area contributed by atoms with Crippen LogP contribution in [0, 0.1) is 12.3 Å². The lowest BCUT2D eigenvalue weighted by atomic mass is 9.74. The minimum Gasteiger partial charge on any atom is -0.451 e. The van der Waals surface area contributed by atoms with E-state index in [9.17, 15) is 9.59 Å². The summed E-state index contributed by atoms with van der Waals surface area (Å²) in [6.07, 6.45) is 3.47. The van der Waals surface area contributed by atoms with E-state index in [-0.39, 0.29) is 22.6 Å². The summed E-state index contributed by atoms with van der Waals surface area (Å²) in [5, 5.41) is 8.23. The molecular formula is C26H25N3O3. The van der Waals surface area contributed by atoms with Gasteiger partial charge in [-0.15, -0.1) is 0 Å². The first-order chi connectivity index (χ1) is 15.3. The molecule has 1 atom stereocenters. The van der Waals surface area contributed by atoms with Crippen LogP contribution in [0.15, 0.2) is 70.0 Å².